The highest BCUT2D eigenvalue weighted by Gasteiger charge is 2.36. The molecule has 428 valence electrons. The fraction of sp³-hybridized carbons (Fsp3) is 0.243. The summed E-state index contributed by atoms with van der Waals surface area (Å²) in [5.74, 6) is 1.30. The number of anilines is 2. The Morgan fingerprint density at radius 2 is 1.08 bits per heavy atom. The van der Waals surface area contributed by atoms with Crippen LogP contribution in [0.25, 0.3) is 0 Å². The summed E-state index contributed by atoms with van der Waals surface area (Å²) in [7, 11) is 32.0. The van der Waals surface area contributed by atoms with Crippen LogP contribution in [0, 0.1) is 24.0 Å². The number of carbonyl (C=O) groups excluding carboxylic acids is 2. The Labute approximate surface area is 537 Å². The number of hydrogen-bond acceptors (Lipinski definition) is 15. The number of nitrogens with one attached hydrogen (secondary N) is 3. The Bertz CT molecular complexity index is 3770. The van der Waals surface area contributed by atoms with Gasteiger partial charge in [-0.1, -0.05) is 36.4 Å². The number of methoxy groups -OCH3 is 1. The summed E-state index contributed by atoms with van der Waals surface area (Å²) in [5, 5.41) is 19.4. The van der Waals surface area contributed by atoms with Crippen LogP contribution >= 0.6 is 12.6 Å². The first kappa shape index (κ1) is 74.2. The number of pyridine rings is 2. The van der Waals surface area contributed by atoms with Gasteiger partial charge in [0.15, 0.2) is 0 Å². The maximum atomic E-state index is 13.0. The quantitative estimate of drug-likeness (QED) is 0.0758. The van der Waals surface area contributed by atoms with Crippen molar-refractivity contribution in [1.82, 2.24) is 19.6 Å². The lowest BCUT2D eigenvalue weighted by atomic mass is 10.1. The predicted molar refractivity (Wildman–Crippen MR) is 390 cm³/mol. The van der Waals surface area contributed by atoms with Crippen molar-refractivity contribution in [3.63, 3.8) is 0 Å². The molecule has 2 atom stereocenters. The molecule has 41 heteroatoms. The molecule has 3 N–H and O–H groups in total. The highest BCUT2D eigenvalue weighted by molar-refractivity contribution is 8.76. The highest BCUT2D eigenvalue weighted by Crippen LogP contribution is 2.25. The summed E-state index contributed by atoms with van der Waals surface area (Å²) in [4.78, 5) is 44.0. The zero-order chi connectivity index (χ0) is 57.2. The number of carbonyl (C=O) groups is 2. The molecule has 0 spiro atoms. The molecule has 0 saturated carbocycles. The van der Waals surface area contributed by atoms with E-state index in [0.717, 1.165) is 51.4 Å². The summed E-state index contributed by atoms with van der Waals surface area (Å²) in [5.41, 5.74) is 1.41. The number of aromatic nitrogens is 2. The van der Waals surface area contributed by atoms with Crippen molar-refractivity contribution in [2.75, 3.05) is 30.8 Å². The lowest BCUT2D eigenvalue weighted by Gasteiger charge is -2.30. The Balaban J connectivity index is 0.000000357. The topological polar surface area (TPSA) is 186 Å². The molecule has 0 aliphatic carbocycles. The number of amides is 2. The first-order valence-electron chi connectivity index (χ1n) is 20.3. The summed E-state index contributed by atoms with van der Waals surface area (Å²) >= 11 is 22.9. The van der Waals surface area contributed by atoms with Crippen LogP contribution in [0.1, 0.15) is 24.2 Å². The number of nitrogens with zero attached hydrogens (tertiary/aromatic N) is 4. The minimum Gasteiger partial charge on any atom is -0.497 e. The lowest BCUT2D eigenvalue weighted by Crippen LogP contribution is -2.48. The largest absolute Gasteiger partial charge is 0.497 e. The number of aryl methyl sites for hydroxylation is 2. The van der Waals surface area contributed by atoms with Crippen molar-refractivity contribution in [2.45, 2.75) is 48.6 Å². The smallest absolute Gasteiger partial charge is 0.269 e. The van der Waals surface area contributed by atoms with Gasteiger partial charge in [0.2, 0.25) is 21.8 Å². The van der Waals surface area contributed by atoms with E-state index in [0.29, 0.717) is 11.6 Å². The molecule has 2 amide bonds. The predicted octanol–water partition coefficient (Wildman–Crippen LogP) is 5.43. The number of sulfonamides is 1. The molecule has 0 saturated heterocycles. The maximum Gasteiger partial charge on any atom is 0.269 e. The van der Waals surface area contributed by atoms with E-state index in [4.69, 9.17) is 27.1 Å². The van der Waals surface area contributed by atoms with Crippen LogP contribution in [0.15, 0.2) is 119 Å². The third-order valence-corrected chi connectivity index (χ3v) is 52.7. The van der Waals surface area contributed by atoms with Gasteiger partial charge in [0, 0.05) is 273 Å². The molecule has 6 rings (SSSR count). The molecule has 0 unspecified atom stereocenters. The second kappa shape index (κ2) is 47.3. The molecule has 2 aliphatic heterocycles. The molecular weight excluding hydrogens is 1520 g/mol. The number of nitro groups is 1. The van der Waals surface area contributed by atoms with Gasteiger partial charge >= 0.3 is 0 Å². The Morgan fingerprint density at radius 1 is 0.641 bits per heavy atom. The van der Waals surface area contributed by atoms with Crippen molar-refractivity contribution >= 4 is 283 Å². The molecule has 0 fully saturated rings. The molecule has 2 aliphatic rings. The van der Waals surface area contributed by atoms with Gasteiger partial charge in [0.05, 0.1) is 23.0 Å². The Hall–Kier alpha value is 0.0800. The SMILES string of the molecule is COc1ccc(S)cc1.Cc1cccc(NC(=O)[C@@H]2CC=CCN2)n1.Cc1cccc(NC(=O)[C@@H]2CC=CCN2S(=O)(=O)c2ccc([N+](=O)[O-])cc2)n1.S=S=S=S=S=S=S=S=S=S=S=S.S=S=S=S=S=S=S=S=S=S=S=S=S. The summed E-state index contributed by atoms with van der Waals surface area (Å²) in [6.07, 6.45) is 8.40. The van der Waals surface area contributed by atoms with Crippen molar-refractivity contribution in [3.05, 3.63) is 131 Å². The number of nitro benzene ring substituents is 1. The van der Waals surface area contributed by atoms with E-state index in [1.54, 1.807) is 201 Å². The van der Waals surface area contributed by atoms with E-state index in [1.165, 1.54) is 47.7 Å². The van der Waals surface area contributed by atoms with Crippen LogP contribution in [-0.4, -0.2) is 71.7 Å². The third kappa shape index (κ3) is 34.1. The zero-order valence-electron chi connectivity index (χ0n) is 39.6. The van der Waals surface area contributed by atoms with Crippen molar-refractivity contribution < 1.29 is 27.7 Å². The number of hydrogen-bond donors (Lipinski definition) is 4. The van der Waals surface area contributed by atoms with Crippen LogP contribution in [-0.2, 0) is 251 Å². The average Bonchev–Trinajstić information content (AvgIpc) is 3.48. The van der Waals surface area contributed by atoms with Crippen molar-refractivity contribution in [1.29, 1.82) is 0 Å². The van der Waals surface area contributed by atoms with Crippen LogP contribution in [0.4, 0.5) is 17.3 Å². The van der Waals surface area contributed by atoms with Gasteiger partial charge in [0.1, 0.15) is 23.4 Å². The van der Waals surface area contributed by atoms with E-state index >= 15 is 0 Å². The standard InChI is InChI=1S/C18H18N4O5S.C12H15N3O.C7H8OS.S13.S12/c1-13-5-4-7-17(19-13)20-18(23)16-6-2-3-12-21(16)28(26,27)15-10-8-14(9-11-15)22(24)25;1-9-5-4-7-11(14-9)15-12(16)10-6-2-3-8-13-10;1-8-6-2-4-7(9)5-3-6;1-3-5-7-9-11-13-12-10-8-6-4-2;1-3-5-7-9-11-12-10-8-6-4-2/h2-5,7-11,16H,6,12H2,1H3,(H,19,20,23);2-5,7,10,13H,6,8H2,1H3,(H,14,15,16);2-5,9H,1H3;;/t16-;10-;;;/m00.../s1. The normalized spacial score (nSPS) is 13.5. The Kier molecular flexibility index (Phi) is 45.0. The monoisotopic (exact) mass is 1560 g/mol. The van der Waals surface area contributed by atoms with E-state index in [2.05, 4.69) is 60.9 Å². The van der Waals surface area contributed by atoms with Gasteiger partial charge in [-0.25, -0.2) is 18.4 Å². The summed E-state index contributed by atoms with van der Waals surface area (Å²) in [6.45, 7) is 4.46. The zero-order valence-corrected chi connectivity index (χ0v) is 61.7. The second-order valence-corrected chi connectivity index (χ2v) is 52.7. The number of ether oxygens (including phenoxy) is 1. The highest BCUT2D eigenvalue weighted by atomic mass is 33.5. The van der Waals surface area contributed by atoms with Gasteiger partial charge in [-0.05, 0) is 87.4 Å². The van der Waals surface area contributed by atoms with E-state index in [9.17, 15) is 28.1 Å². The van der Waals surface area contributed by atoms with E-state index < -0.39 is 26.9 Å². The van der Waals surface area contributed by atoms with Crippen LogP contribution in [0.3, 0.4) is 0 Å². The molecule has 0 radical (unpaired) electrons. The molecule has 2 aromatic carbocycles. The van der Waals surface area contributed by atoms with Crippen LogP contribution in [0.5, 0.6) is 5.75 Å². The number of thiol groups is 1. The van der Waals surface area contributed by atoms with Gasteiger partial charge in [0.25, 0.3) is 5.69 Å². The number of benzene rings is 2. The number of non-ortho nitro benzene ring substituents is 1. The average molecular weight is 1560 g/mol. The van der Waals surface area contributed by atoms with Gasteiger partial charge < -0.3 is 20.7 Å². The van der Waals surface area contributed by atoms with Crippen molar-refractivity contribution in [2.24, 2.45) is 0 Å². The van der Waals surface area contributed by atoms with Crippen LogP contribution < -0.4 is 20.7 Å². The summed E-state index contributed by atoms with van der Waals surface area (Å²) < 4.78 is 32.1. The molecule has 0 bridgehead atoms. The maximum absolute atomic E-state index is 13.0. The summed E-state index contributed by atoms with van der Waals surface area (Å²) in [6, 6.07) is 21.7. The third-order valence-electron chi connectivity index (χ3n) is 8.33. The first-order valence-corrected chi connectivity index (χ1v) is 52.9. The Morgan fingerprint density at radius 3 is 1.47 bits per heavy atom. The molecule has 78 heavy (non-hydrogen) atoms. The van der Waals surface area contributed by atoms with Crippen LogP contribution in [0.2, 0.25) is 0 Å². The van der Waals surface area contributed by atoms with E-state index in [1.807, 2.05) is 55.5 Å². The fourth-order valence-electron chi connectivity index (χ4n) is 5.26. The molecule has 4 heterocycles. The van der Waals surface area contributed by atoms with Gasteiger partial charge in [-0.2, -0.15) is 4.31 Å². The molecule has 4 aromatic rings. The van der Waals surface area contributed by atoms with Gasteiger partial charge in [-0.15, -0.1) is 12.6 Å². The molecule has 14 nitrogen and oxygen atoms in total. The molecule has 2 aromatic heterocycles. The van der Waals surface area contributed by atoms with Crippen molar-refractivity contribution in [3.8, 4) is 5.75 Å². The molecular formula is C37H41N7O7S27. The number of rotatable bonds is 8. The minimum atomic E-state index is -4.02. The lowest BCUT2D eigenvalue weighted by molar-refractivity contribution is -0.384. The fourth-order valence-corrected chi connectivity index (χ4v) is 53.6. The van der Waals surface area contributed by atoms with E-state index in [-0.39, 0.29) is 35.5 Å². The van der Waals surface area contributed by atoms with Gasteiger partial charge in [-0.3, -0.25) is 19.7 Å². The second-order valence-electron chi connectivity index (χ2n) is 13.2. The first-order chi connectivity index (χ1) is 37.7. The minimum absolute atomic E-state index is 0.0255.